The van der Waals surface area contributed by atoms with Gasteiger partial charge in [-0.05, 0) is 42.0 Å². The molecule has 3 heterocycles. The molecule has 22 heavy (non-hydrogen) atoms. The van der Waals surface area contributed by atoms with Crippen molar-refractivity contribution in [2.75, 3.05) is 13.1 Å². The number of rotatable bonds is 1. The highest BCUT2D eigenvalue weighted by molar-refractivity contribution is 5.84. The van der Waals surface area contributed by atoms with Gasteiger partial charge in [-0.15, -0.1) is 0 Å². The van der Waals surface area contributed by atoms with E-state index in [-0.39, 0.29) is 0 Å². The van der Waals surface area contributed by atoms with Crippen molar-refractivity contribution in [2.24, 2.45) is 5.92 Å². The molecule has 2 aromatic rings. The second-order valence-electron chi connectivity index (χ2n) is 6.46. The van der Waals surface area contributed by atoms with Crippen LogP contribution in [-0.2, 0) is 6.42 Å². The van der Waals surface area contributed by atoms with E-state index in [1.807, 2.05) is 24.5 Å². The van der Waals surface area contributed by atoms with Gasteiger partial charge in [-0.25, -0.2) is 0 Å². The quantitative estimate of drug-likeness (QED) is 0.801. The van der Waals surface area contributed by atoms with Crippen molar-refractivity contribution in [3.63, 3.8) is 0 Å². The van der Waals surface area contributed by atoms with Crippen LogP contribution in [-0.4, -0.2) is 28.0 Å². The third-order valence-corrected chi connectivity index (χ3v) is 4.81. The lowest BCUT2D eigenvalue weighted by Gasteiger charge is -2.31. The predicted octanol–water partition coefficient (Wildman–Crippen LogP) is 3.77. The van der Waals surface area contributed by atoms with Gasteiger partial charge in [-0.1, -0.05) is 19.1 Å². The summed E-state index contributed by atoms with van der Waals surface area (Å²) in [6, 6.07) is 8.40. The average molecular weight is 291 g/mol. The number of piperidine rings is 1. The third-order valence-electron chi connectivity index (χ3n) is 4.81. The van der Waals surface area contributed by atoms with E-state index in [9.17, 15) is 0 Å². The molecule has 1 aliphatic carbocycles. The van der Waals surface area contributed by atoms with Crippen LogP contribution >= 0.6 is 0 Å². The van der Waals surface area contributed by atoms with Gasteiger partial charge in [0.05, 0.1) is 11.4 Å². The minimum absolute atomic E-state index is 0.861. The van der Waals surface area contributed by atoms with Crippen LogP contribution in [0.4, 0.5) is 0 Å². The molecule has 2 aromatic heterocycles. The topological polar surface area (TPSA) is 29.0 Å². The molecular weight excluding hydrogens is 270 g/mol. The van der Waals surface area contributed by atoms with Gasteiger partial charge in [-0.3, -0.25) is 9.97 Å². The molecule has 1 fully saturated rings. The highest BCUT2D eigenvalue weighted by atomic mass is 15.1. The molecule has 2 aliphatic rings. The molecule has 0 aromatic carbocycles. The molecular formula is C19H21N3. The van der Waals surface area contributed by atoms with E-state index in [4.69, 9.17) is 0 Å². The van der Waals surface area contributed by atoms with Crippen molar-refractivity contribution in [2.45, 2.75) is 26.2 Å². The van der Waals surface area contributed by atoms with Crippen LogP contribution in [0, 0.1) is 5.92 Å². The summed E-state index contributed by atoms with van der Waals surface area (Å²) in [5.41, 5.74) is 5.97. The van der Waals surface area contributed by atoms with Crippen molar-refractivity contribution >= 4 is 5.57 Å². The van der Waals surface area contributed by atoms with E-state index in [1.54, 1.807) is 0 Å². The molecule has 0 bridgehead atoms. The SMILES string of the molecule is CC1CCN(C=C2Cc3cccnc3-c3ncccc32)CC1. The van der Waals surface area contributed by atoms with Gasteiger partial charge < -0.3 is 4.90 Å². The molecule has 1 saturated heterocycles. The summed E-state index contributed by atoms with van der Waals surface area (Å²) in [6.07, 6.45) is 9.63. The van der Waals surface area contributed by atoms with Crippen molar-refractivity contribution in [3.8, 4) is 11.4 Å². The first-order chi connectivity index (χ1) is 10.8. The van der Waals surface area contributed by atoms with E-state index in [0.29, 0.717) is 0 Å². The van der Waals surface area contributed by atoms with E-state index in [0.717, 1.165) is 23.7 Å². The van der Waals surface area contributed by atoms with Crippen molar-refractivity contribution in [1.29, 1.82) is 0 Å². The Bertz CT molecular complexity index is 712. The number of fused-ring (bicyclic) bond motifs is 3. The molecule has 4 rings (SSSR count). The van der Waals surface area contributed by atoms with Gasteiger partial charge in [0.2, 0.25) is 0 Å². The first-order valence-electron chi connectivity index (χ1n) is 8.15. The molecule has 1 aliphatic heterocycles. The normalized spacial score (nSPS) is 19.9. The molecule has 3 nitrogen and oxygen atoms in total. The van der Waals surface area contributed by atoms with Crippen LogP contribution in [0.25, 0.3) is 17.0 Å². The summed E-state index contributed by atoms with van der Waals surface area (Å²) < 4.78 is 0. The third kappa shape index (κ3) is 2.41. The van der Waals surface area contributed by atoms with Crippen LogP contribution in [0.15, 0.2) is 42.9 Å². The molecule has 0 N–H and O–H groups in total. The molecule has 0 saturated carbocycles. The second kappa shape index (κ2) is 5.56. The van der Waals surface area contributed by atoms with Crippen LogP contribution in [0.1, 0.15) is 30.9 Å². The van der Waals surface area contributed by atoms with Crippen LogP contribution in [0.3, 0.4) is 0 Å². The maximum absolute atomic E-state index is 4.59. The highest BCUT2D eigenvalue weighted by Gasteiger charge is 2.23. The summed E-state index contributed by atoms with van der Waals surface area (Å²) in [5.74, 6) is 0.861. The Morgan fingerprint density at radius 3 is 2.59 bits per heavy atom. The Kier molecular flexibility index (Phi) is 3.41. The molecule has 3 heteroatoms. The van der Waals surface area contributed by atoms with Crippen LogP contribution < -0.4 is 0 Å². The van der Waals surface area contributed by atoms with E-state index >= 15 is 0 Å². The Morgan fingerprint density at radius 1 is 1.05 bits per heavy atom. The second-order valence-corrected chi connectivity index (χ2v) is 6.46. The first-order valence-corrected chi connectivity index (χ1v) is 8.15. The lowest BCUT2D eigenvalue weighted by Crippen LogP contribution is -2.29. The highest BCUT2D eigenvalue weighted by Crippen LogP contribution is 2.36. The minimum Gasteiger partial charge on any atom is -0.377 e. The fourth-order valence-corrected chi connectivity index (χ4v) is 3.44. The molecule has 0 amide bonds. The lowest BCUT2D eigenvalue weighted by molar-refractivity contribution is 0.256. The first kappa shape index (κ1) is 13.5. The van der Waals surface area contributed by atoms with Gasteiger partial charge in [0.15, 0.2) is 0 Å². The maximum Gasteiger partial charge on any atom is 0.0964 e. The average Bonchev–Trinajstić information content (AvgIpc) is 2.57. The fourth-order valence-electron chi connectivity index (χ4n) is 3.44. The number of aromatic nitrogens is 2. The zero-order valence-electron chi connectivity index (χ0n) is 13.0. The zero-order chi connectivity index (χ0) is 14.9. The van der Waals surface area contributed by atoms with E-state index < -0.39 is 0 Å². The van der Waals surface area contributed by atoms with Crippen LogP contribution in [0.2, 0.25) is 0 Å². The number of nitrogens with zero attached hydrogens (tertiary/aromatic N) is 3. The standard InChI is InChI=1S/C19H21N3/c1-14-6-10-22(11-7-14)13-16-12-15-4-2-8-20-18(15)19-17(16)5-3-9-21-19/h2-5,8-9,13-14H,6-7,10-12H2,1H3. The summed E-state index contributed by atoms with van der Waals surface area (Å²) in [7, 11) is 0. The predicted molar refractivity (Wildman–Crippen MR) is 89.1 cm³/mol. The number of hydrogen-bond acceptors (Lipinski definition) is 3. The Labute approximate surface area is 131 Å². The summed E-state index contributed by atoms with van der Waals surface area (Å²) in [6.45, 7) is 4.69. The van der Waals surface area contributed by atoms with Gasteiger partial charge in [0, 0.05) is 43.7 Å². The monoisotopic (exact) mass is 291 g/mol. The fraction of sp³-hybridized carbons (Fsp3) is 0.368. The Hall–Kier alpha value is -2.16. The lowest BCUT2D eigenvalue weighted by atomic mass is 9.88. The summed E-state index contributed by atoms with van der Waals surface area (Å²) in [5, 5.41) is 0. The molecule has 0 atom stereocenters. The number of likely N-dealkylation sites (tertiary alicyclic amines) is 1. The zero-order valence-corrected chi connectivity index (χ0v) is 13.0. The number of pyridine rings is 2. The van der Waals surface area contributed by atoms with Gasteiger partial charge >= 0.3 is 0 Å². The summed E-state index contributed by atoms with van der Waals surface area (Å²) in [4.78, 5) is 11.6. The Balaban J connectivity index is 1.73. The summed E-state index contributed by atoms with van der Waals surface area (Å²) >= 11 is 0. The minimum atomic E-state index is 0.861. The number of allylic oxidation sites excluding steroid dienone is 1. The van der Waals surface area contributed by atoms with Gasteiger partial charge in [0.1, 0.15) is 0 Å². The van der Waals surface area contributed by atoms with Gasteiger partial charge in [-0.2, -0.15) is 0 Å². The maximum atomic E-state index is 4.59. The van der Waals surface area contributed by atoms with Crippen molar-refractivity contribution < 1.29 is 0 Å². The van der Waals surface area contributed by atoms with E-state index in [2.05, 4.69) is 40.1 Å². The van der Waals surface area contributed by atoms with Crippen LogP contribution in [0.5, 0.6) is 0 Å². The number of hydrogen-bond donors (Lipinski definition) is 0. The smallest absolute Gasteiger partial charge is 0.0964 e. The van der Waals surface area contributed by atoms with E-state index in [1.165, 1.54) is 42.6 Å². The molecule has 0 radical (unpaired) electrons. The molecule has 0 unspecified atom stereocenters. The Morgan fingerprint density at radius 2 is 1.77 bits per heavy atom. The molecule has 112 valence electrons. The molecule has 0 spiro atoms. The van der Waals surface area contributed by atoms with Gasteiger partial charge in [0.25, 0.3) is 0 Å². The largest absolute Gasteiger partial charge is 0.377 e. The van der Waals surface area contributed by atoms with Crippen molar-refractivity contribution in [3.05, 3.63) is 54.0 Å². The van der Waals surface area contributed by atoms with Crippen molar-refractivity contribution in [1.82, 2.24) is 14.9 Å².